The van der Waals surface area contributed by atoms with Gasteiger partial charge in [-0.3, -0.25) is 0 Å². The summed E-state index contributed by atoms with van der Waals surface area (Å²) in [5, 5.41) is 9.15. The predicted molar refractivity (Wildman–Crippen MR) is 64.2 cm³/mol. The minimum Gasteiger partial charge on any atom is -0.485 e. The lowest BCUT2D eigenvalue weighted by Crippen LogP contribution is -2.00. The molecule has 0 amide bonds. The van der Waals surface area contributed by atoms with Crippen LogP contribution in [0.3, 0.4) is 0 Å². The van der Waals surface area contributed by atoms with Crippen molar-refractivity contribution < 1.29 is 19.4 Å². The molecule has 3 rings (SSSR count). The first-order valence-corrected chi connectivity index (χ1v) is 5.50. The Labute approximate surface area is 103 Å². The Morgan fingerprint density at radius 3 is 2.67 bits per heavy atom. The molecule has 0 fully saturated rings. The van der Waals surface area contributed by atoms with Crippen LogP contribution in [0.4, 0.5) is 0 Å². The van der Waals surface area contributed by atoms with E-state index < -0.39 is 5.97 Å². The second-order valence-electron chi connectivity index (χ2n) is 3.94. The van der Waals surface area contributed by atoms with E-state index >= 15 is 0 Å². The van der Waals surface area contributed by atoms with Crippen LogP contribution in [0.25, 0.3) is 0 Å². The van der Waals surface area contributed by atoms with Crippen molar-refractivity contribution in [1.29, 1.82) is 0 Å². The maximum atomic E-state index is 11.2. The van der Waals surface area contributed by atoms with E-state index in [1.54, 1.807) is 18.2 Å². The highest BCUT2D eigenvalue weighted by Crippen LogP contribution is 2.39. The van der Waals surface area contributed by atoms with Crippen molar-refractivity contribution in [3.05, 3.63) is 53.6 Å². The minimum atomic E-state index is -1.03. The van der Waals surface area contributed by atoms with E-state index in [-0.39, 0.29) is 11.3 Å². The van der Waals surface area contributed by atoms with Gasteiger partial charge >= 0.3 is 5.97 Å². The zero-order chi connectivity index (χ0) is 12.5. The fourth-order valence-electron chi connectivity index (χ4n) is 1.89. The largest absolute Gasteiger partial charge is 0.485 e. The lowest BCUT2D eigenvalue weighted by Gasteiger charge is -2.09. The van der Waals surface area contributed by atoms with Crippen molar-refractivity contribution in [1.82, 2.24) is 0 Å². The van der Waals surface area contributed by atoms with E-state index in [4.69, 9.17) is 14.6 Å². The van der Waals surface area contributed by atoms with Crippen molar-refractivity contribution in [2.45, 2.75) is 6.61 Å². The number of ether oxygens (including phenoxy) is 2. The number of carboxylic acid groups (broad SMARTS) is 1. The maximum Gasteiger partial charge on any atom is 0.339 e. The molecule has 0 aromatic heterocycles. The third kappa shape index (κ3) is 1.68. The Balaban J connectivity index is 2.15. The molecule has 2 aromatic carbocycles. The standard InChI is InChI=1S/C14H10O4/c15-14(16)10-5-3-7-12-13(10)18-11-6-2-1-4-9(11)8-17-12/h1-7H,8H2,(H,15,16). The summed E-state index contributed by atoms with van der Waals surface area (Å²) in [4.78, 5) is 11.2. The van der Waals surface area contributed by atoms with Crippen LogP contribution in [-0.2, 0) is 6.61 Å². The van der Waals surface area contributed by atoms with Crippen LogP contribution in [0.1, 0.15) is 15.9 Å². The molecule has 1 aliphatic rings. The van der Waals surface area contributed by atoms with Crippen molar-refractivity contribution in [2.24, 2.45) is 0 Å². The topological polar surface area (TPSA) is 55.8 Å². The number of fused-ring (bicyclic) bond motifs is 2. The zero-order valence-corrected chi connectivity index (χ0v) is 9.42. The van der Waals surface area contributed by atoms with Gasteiger partial charge in [-0.2, -0.15) is 0 Å². The van der Waals surface area contributed by atoms with Gasteiger partial charge in [-0.15, -0.1) is 0 Å². The number of hydrogen-bond acceptors (Lipinski definition) is 3. The van der Waals surface area contributed by atoms with Gasteiger partial charge in [0.15, 0.2) is 11.5 Å². The van der Waals surface area contributed by atoms with Crippen LogP contribution in [0.2, 0.25) is 0 Å². The second-order valence-corrected chi connectivity index (χ2v) is 3.94. The van der Waals surface area contributed by atoms with Crippen LogP contribution in [0, 0.1) is 0 Å². The molecule has 1 aliphatic heterocycles. The highest BCUT2D eigenvalue weighted by atomic mass is 16.5. The summed E-state index contributed by atoms with van der Waals surface area (Å²) in [6.07, 6.45) is 0. The minimum absolute atomic E-state index is 0.101. The van der Waals surface area contributed by atoms with Crippen LogP contribution < -0.4 is 9.47 Å². The zero-order valence-electron chi connectivity index (χ0n) is 9.42. The first-order valence-electron chi connectivity index (χ1n) is 5.50. The van der Waals surface area contributed by atoms with Gasteiger partial charge in [0.2, 0.25) is 0 Å². The lowest BCUT2D eigenvalue weighted by atomic mass is 10.2. The van der Waals surface area contributed by atoms with Gasteiger partial charge in [0.05, 0.1) is 0 Å². The molecule has 0 aliphatic carbocycles. The molecule has 1 N–H and O–H groups in total. The van der Waals surface area contributed by atoms with Crippen molar-refractivity contribution in [3.63, 3.8) is 0 Å². The van der Waals surface area contributed by atoms with Crippen molar-refractivity contribution in [2.75, 3.05) is 0 Å². The van der Waals surface area contributed by atoms with Crippen LogP contribution >= 0.6 is 0 Å². The summed E-state index contributed by atoms with van der Waals surface area (Å²) in [5.41, 5.74) is 0.995. The average Bonchev–Trinajstić information content (AvgIpc) is 2.57. The fourth-order valence-corrected chi connectivity index (χ4v) is 1.89. The SMILES string of the molecule is O=C(O)c1cccc2c1Oc1ccccc1CO2. The molecule has 1 heterocycles. The summed E-state index contributed by atoms with van der Waals surface area (Å²) >= 11 is 0. The van der Waals surface area contributed by atoms with Crippen LogP contribution in [-0.4, -0.2) is 11.1 Å². The van der Waals surface area contributed by atoms with Gasteiger partial charge in [0.25, 0.3) is 0 Å². The van der Waals surface area contributed by atoms with Crippen molar-refractivity contribution in [3.8, 4) is 17.2 Å². The molecule has 0 radical (unpaired) electrons. The Hall–Kier alpha value is -2.49. The van der Waals surface area contributed by atoms with E-state index in [0.717, 1.165) is 5.56 Å². The molecular weight excluding hydrogens is 232 g/mol. The molecule has 0 bridgehead atoms. The van der Waals surface area contributed by atoms with Crippen molar-refractivity contribution >= 4 is 5.97 Å². The van der Waals surface area contributed by atoms with Gasteiger partial charge < -0.3 is 14.6 Å². The lowest BCUT2D eigenvalue weighted by molar-refractivity contribution is 0.0693. The van der Waals surface area contributed by atoms with E-state index in [1.165, 1.54) is 6.07 Å². The number of rotatable bonds is 1. The third-order valence-electron chi connectivity index (χ3n) is 2.78. The van der Waals surface area contributed by atoms with Crippen LogP contribution in [0.5, 0.6) is 17.2 Å². The van der Waals surface area contributed by atoms with Gasteiger partial charge in [-0.05, 0) is 18.2 Å². The van der Waals surface area contributed by atoms with Gasteiger partial charge in [-0.25, -0.2) is 4.79 Å². The normalized spacial score (nSPS) is 12.4. The summed E-state index contributed by atoms with van der Waals surface area (Å²) in [5.74, 6) is 0.306. The third-order valence-corrected chi connectivity index (χ3v) is 2.78. The summed E-state index contributed by atoms with van der Waals surface area (Å²) in [6.45, 7) is 0.367. The van der Waals surface area contributed by atoms with Gasteiger partial charge in [-0.1, -0.05) is 24.3 Å². The average molecular weight is 242 g/mol. The summed E-state index contributed by atoms with van der Waals surface area (Å²) < 4.78 is 11.3. The molecule has 2 aromatic rings. The van der Waals surface area contributed by atoms with E-state index in [0.29, 0.717) is 18.1 Å². The molecule has 0 saturated carbocycles. The number of para-hydroxylation sites is 2. The molecule has 0 saturated heterocycles. The number of hydrogen-bond donors (Lipinski definition) is 1. The molecule has 0 unspecified atom stereocenters. The Morgan fingerprint density at radius 2 is 1.83 bits per heavy atom. The van der Waals surface area contributed by atoms with E-state index in [2.05, 4.69) is 0 Å². The maximum absolute atomic E-state index is 11.2. The van der Waals surface area contributed by atoms with Crippen LogP contribution in [0.15, 0.2) is 42.5 Å². The second kappa shape index (κ2) is 4.07. The number of aromatic carboxylic acids is 1. The number of carboxylic acids is 1. The molecule has 0 atom stereocenters. The number of carbonyl (C=O) groups is 1. The quantitative estimate of drug-likeness (QED) is 0.834. The van der Waals surface area contributed by atoms with E-state index in [1.807, 2.05) is 18.2 Å². The fraction of sp³-hybridized carbons (Fsp3) is 0.0714. The summed E-state index contributed by atoms with van der Waals surface area (Å²) in [6, 6.07) is 12.3. The highest BCUT2D eigenvalue weighted by Gasteiger charge is 2.21. The van der Waals surface area contributed by atoms with Gasteiger partial charge in [0.1, 0.15) is 17.9 Å². The summed E-state index contributed by atoms with van der Waals surface area (Å²) in [7, 11) is 0. The molecule has 4 nitrogen and oxygen atoms in total. The molecule has 18 heavy (non-hydrogen) atoms. The molecular formula is C14H10O4. The Bertz CT molecular complexity index is 619. The van der Waals surface area contributed by atoms with E-state index in [9.17, 15) is 4.79 Å². The molecule has 4 heteroatoms. The monoisotopic (exact) mass is 242 g/mol. The number of benzene rings is 2. The predicted octanol–water partition coefficient (Wildman–Crippen LogP) is 3.07. The molecule has 0 spiro atoms. The smallest absolute Gasteiger partial charge is 0.339 e. The first kappa shape index (κ1) is 10.7. The first-order chi connectivity index (χ1) is 8.75. The highest BCUT2D eigenvalue weighted by molar-refractivity contribution is 5.92. The Morgan fingerprint density at radius 1 is 1.06 bits per heavy atom. The van der Waals surface area contributed by atoms with Gasteiger partial charge in [0, 0.05) is 5.56 Å². The Kier molecular flexibility index (Phi) is 2.41. The molecule has 90 valence electrons.